The Morgan fingerprint density at radius 2 is 1.68 bits per heavy atom. The number of carbonyl (C=O) groups is 2. The average molecular weight is 563 g/mol. The Morgan fingerprint density at radius 1 is 0.975 bits per heavy atom. The Balaban J connectivity index is 1.28. The zero-order valence-corrected chi connectivity index (χ0v) is 23.6. The smallest absolute Gasteiger partial charge is 0.251 e. The lowest BCUT2D eigenvalue weighted by atomic mass is 10.0. The predicted molar refractivity (Wildman–Crippen MR) is 158 cm³/mol. The van der Waals surface area contributed by atoms with Crippen LogP contribution in [0.25, 0.3) is 0 Å². The van der Waals surface area contributed by atoms with Gasteiger partial charge in [-0.05, 0) is 80.3 Å². The van der Waals surface area contributed by atoms with Crippen molar-refractivity contribution in [1.82, 2.24) is 15.1 Å². The average Bonchev–Trinajstić information content (AvgIpc) is 3.62. The van der Waals surface area contributed by atoms with Crippen LogP contribution in [-0.2, 0) is 11.3 Å². The van der Waals surface area contributed by atoms with Gasteiger partial charge < -0.3 is 25.6 Å². The van der Waals surface area contributed by atoms with Gasteiger partial charge in [-0.3, -0.25) is 20.4 Å². The number of likely N-dealkylation sites (tertiary alicyclic amines) is 2. The number of thioether (sulfide) groups is 1. The highest BCUT2D eigenvalue weighted by Gasteiger charge is 2.28. The third-order valence-electron chi connectivity index (χ3n) is 8.12. The maximum absolute atomic E-state index is 13.3. The van der Waals surface area contributed by atoms with E-state index in [-0.39, 0.29) is 28.1 Å². The fraction of sp³-hybridized carbons (Fsp3) is 0.467. The van der Waals surface area contributed by atoms with Crippen molar-refractivity contribution in [2.45, 2.75) is 70.0 Å². The van der Waals surface area contributed by atoms with E-state index in [0.29, 0.717) is 42.1 Å². The molecule has 9 nitrogen and oxygen atoms in total. The van der Waals surface area contributed by atoms with E-state index in [1.165, 1.54) is 25.7 Å². The van der Waals surface area contributed by atoms with Crippen LogP contribution < -0.4 is 15.8 Å². The highest BCUT2D eigenvalue weighted by molar-refractivity contribution is 8.26. The molecule has 2 amide bonds. The summed E-state index contributed by atoms with van der Waals surface area (Å²) in [5, 5.41) is 18.7. The van der Waals surface area contributed by atoms with Gasteiger partial charge in [0.15, 0.2) is 5.17 Å². The molecule has 40 heavy (non-hydrogen) atoms. The van der Waals surface area contributed by atoms with Crippen LogP contribution in [0.2, 0.25) is 0 Å². The third-order valence-corrected chi connectivity index (χ3v) is 8.78. The molecule has 10 heteroatoms. The number of hydrogen-bond donors (Lipinski definition) is 4. The molecule has 5 rings (SSSR count). The molecule has 0 atom stereocenters. The minimum absolute atomic E-state index is 0.113. The summed E-state index contributed by atoms with van der Waals surface area (Å²) in [4.78, 5) is 30.0. The number of benzene rings is 2. The minimum Gasteiger partial charge on any atom is -0.457 e. The first-order valence-electron chi connectivity index (χ1n) is 14.2. The van der Waals surface area contributed by atoms with Gasteiger partial charge in [0.05, 0.1) is 0 Å². The Bertz CT molecular complexity index is 1250. The lowest BCUT2D eigenvalue weighted by Crippen LogP contribution is -2.47. The Hall–Kier alpha value is -3.37. The summed E-state index contributed by atoms with van der Waals surface area (Å²) in [6, 6.07) is 13.3. The van der Waals surface area contributed by atoms with Crippen molar-refractivity contribution in [2.24, 2.45) is 5.73 Å². The Morgan fingerprint density at radius 3 is 2.33 bits per heavy atom. The van der Waals surface area contributed by atoms with Crippen LogP contribution >= 0.6 is 11.8 Å². The van der Waals surface area contributed by atoms with Crippen molar-refractivity contribution >= 4 is 33.8 Å². The van der Waals surface area contributed by atoms with Crippen LogP contribution in [0, 0.1) is 10.8 Å². The molecule has 212 valence electrons. The molecule has 0 aromatic heterocycles. The molecule has 5 N–H and O–H groups in total. The predicted octanol–water partition coefficient (Wildman–Crippen LogP) is 4.69. The van der Waals surface area contributed by atoms with Gasteiger partial charge in [0.25, 0.3) is 5.91 Å². The van der Waals surface area contributed by atoms with Crippen molar-refractivity contribution in [3.63, 3.8) is 0 Å². The topological polar surface area (TPSA) is 136 Å². The van der Waals surface area contributed by atoms with E-state index in [1.54, 1.807) is 30.3 Å². The highest BCUT2D eigenvalue weighted by atomic mass is 32.2. The molecule has 0 spiro atoms. The number of nitrogens with two attached hydrogens (primary N) is 1. The molecule has 1 aliphatic carbocycles. The third kappa shape index (κ3) is 7.03. The van der Waals surface area contributed by atoms with Gasteiger partial charge in [-0.15, -0.1) is 0 Å². The number of hydrogen-bond acceptors (Lipinski definition) is 7. The number of carbonyl (C=O) groups excluding carboxylic acids is 2. The van der Waals surface area contributed by atoms with Crippen molar-refractivity contribution in [3.05, 3.63) is 59.2 Å². The fourth-order valence-corrected chi connectivity index (χ4v) is 6.39. The second-order valence-corrected chi connectivity index (χ2v) is 11.9. The van der Waals surface area contributed by atoms with E-state index < -0.39 is 0 Å². The fourth-order valence-electron chi connectivity index (χ4n) is 5.92. The van der Waals surface area contributed by atoms with Crippen LogP contribution in [-0.4, -0.2) is 63.5 Å². The minimum atomic E-state index is -0.138. The summed E-state index contributed by atoms with van der Waals surface area (Å²) in [5.74, 6) is 1.10. The Labute approximate surface area is 239 Å². The van der Waals surface area contributed by atoms with Crippen molar-refractivity contribution in [2.75, 3.05) is 19.6 Å². The van der Waals surface area contributed by atoms with Gasteiger partial charge in [0.1, 0.15) is 16.5 Å². The van der Waals surface area contributed by atoms with Gasteiger partial charge in [-0.1, -0.05) is 18.9 Å². The number of piperidine rings is 1. The van der Waals surface area contributed by atoms with E-state index in [2.05, 4.69) is 10.2 Å². The van der Waals surface area contributed by atoms with Gasteiger partial charge in [0, 0.05) is 61.4 Å². The molecule has 2 aromatic rings. The second kappa shape index (κ2) is 12.9. The first-order valence-corrected chi connectivity index (χ1v) is 15.0. The van der Waals surface area contributed by atoms with Gasteiger partial charge in [-0.25, -0.2) is 0 Å². The highest BCUT2D eigenvalue weighted by Crippen LogP contribution is 2.30. The zero-order chi connectivity index (χ0) is 28.1. The molecule has 0 radical (unpaired) electrons. The Kier molecular flexibility index (Phi) is 9.06. The number of nitrogens with zero attached hydrogens (tertiary/aromatic N) is 2. The van der Waals surface area contributed by atoms with Crippen molar-refractivity contribution in [1.29, 1.82) is 10.8 Å². The normalized spacial score (nSPS) is 18.7. The SMILES string of the molecule is N=C(N)SC(=N)c1ccc(Oc2cc(C(=O)NC3CCN(C4CCCC4)CC3)ccc2CN2CCCC2=O)cc1. The first kappa shape index (κ1) is 28.2. The van der Waals surface area contributed by atoms with E-state index in [4.69, 9.17) is 21.3 Å². The van der Waals surface area contributed by atoms with E-state index in [9.17, 15) is 9.59 Å². The standard InChI is InChI=1S/C30H38N6O3S/c31-28(40-30(32)33)20-9-11-25(12-10-20)39-26-18-21(7-8-22(26)19-36-15-3-6-27(36)37)29(38)34-23-13-16-35(17-14-23)24-4-1-2-5-24/h7-12,18,23-24,31H,1-6,13-17,19H2,(H3,32,33)(H,34,38). The quantitative estimate of drug-likeness (QED) is 0.272. The lowest BCUT2D eigenvalue weighted by molar-refractivity contribution is -0.128. The van der Waals surface area contributed by atoms with Crippen molar-refractivity contribution < 1.29 is 14.3 Å². The van der Waals surface area contributed by atoms with Gasteiger partial charge in [0.2, 0.25) is 5.91 Å². The summed E-state index contributed by atoms with van der Waals surface area (Å²) in [6.45, 7) is 3.20. The van der Waals surface area contributed by atoms with Crippen LogP contribution in [0.15, 0.2) is 42.5 Å². The molecule has 3 aliphatic rings. The summed E-state index contributed by atoms with van der Waals surface area (Å²) in [7, 11) is 0. The maximum atomic E-state index is 13.3. The largest absolute Gasteiger partial charge is 0.457 e. The van der Waals surface area contributed by atoms with Crippen LogP contribution in [0.1, 0.15) is 72.9 Å². The number of ether oxygens (including phenoxy) is 1. The van der Waals surface area contributed by atoms with Gasteiger partial charge >= 0.3 is 0 Å². The summed E-state index contributed by atoms with van der Waals surface area (Å²) < 4.78 is 6.25. The van der Waals surface area contributed by atoms with Gasteiger partial charge in [-0.2, -0.15) is 0 Å². The van der Waals surface area contributed by atoms with E-state index in [1.807, 2.05) is 17.0 Å². The molecule has 2 saturated heterocycles. The van der Waals surface area contributed by atoms with Crippen LogP contribution in [0.4, 0.5) is 0 Å². The molecule has 0 unspecified atom stereocenters. The molecular weight excluding hydrogens is 524 g/mol. The molecule has 2 aromatic carbocycles. The zero-order valence-electron chi connectivity index (χ0n) is 22.8. The molecule has 2 aliphatic heterocycles. The van der Waals surface area contributed by atoms with E-state index >= 15 is 0 Å². The summed E-state index contributed by atoms with van der Waals surface area (Å²) in [5.41, 5.74) is 7.39. The van der Waals surface area contributed by atoms with Crippen molar-refractivity contribution in [3.8, 4) is 11.5 Å². The summed E-state index contributed by atoms with van der Waals surface area (Å²) in [6.07, 6.45) is 8.60. The molecule has 2 heterocycles. The molecule has 3 fully saturated rings. The van der Waals surface area contributed by atoms with E-state index in [0.717, 1.165) is 55.7 Å². The molecule has 0 bridgehead atoms. The summed E-state index contributed by atoms with van der Waals surface area (Å²) >= 11 is 0.882. The lowest BCUT2D eigenvalue weighted by Gasteiger charge is -2.36. The number of amidine groups is 1. The number of nitrogens with one attached hydrogen (secondary N) is 3. The van der Waals surface area contributed by atoms with Crippen LogP contribution in [0.3, 0.4) is 0 Å². The molecular formula is C30H38N6O3S. The monoisotopic (exact) mass is 562 g/mol. The van der Waals surface area contributed by atoms with Crippen LogP contribution in [0.5, 0.6) is 11.5 Å². The maximum Gasteiger partial charge on any atom is 0.251 e. The molecule has 1 saturated carbocycles. The number of amides is 2. The second-order valence-electron chi connectivity index (χ2n) is 10.9. The number of rotatable bonds is 8. The first-order chi connectivity index (χ1) is 19.4.